The predicted molar refractivity (Wildman–Crippen MR) is 88.0 cm³/mol. The van der Waals surface area contributed by atoms with Crippen LogP contribution in [0.5, 0.6) is 0 Å². The Hall–Kier alpha value is -2.62. The van der Waals surface area contributed by atoms with Crippen molar-refractivity contribution in [1.82, 2.24) is 10.6 Å². The van der Waals surface area contributed by atoms with Gasteiger partial charge in [-0.25, -0.2) is 0 Å². The first kappa shape index (κ1) is 19.4. The Morgan fingerprint density at radius 3 is 2.71 bits per heavy atom. The van der Waals surface area contributed by atoms with Crippen LogP contribution in [-0.2, 0) is 9.59 Å². The van der Waals surface area contributed by atoms with Crippen molar-refractivity contribution in [2.45, 2.75) is 13.0 Å². The lowest BCUT2D eigenvalue weighted by Gasteiger charge is -2.14. The van der Waals surface area contributed by atoms with E-state index in [-0.39, 0.29) is 23.5 Å². The maximum atomic E-state index is 12.0. The lowest BCUT2D eigenvalue weighted by Crippen LogP contribution is -2.45. The van der Waals surface area contributed by atoms with Gasteiger partial charge >= 0.3 is 5.97 Å². The first-order valence-corrected chi connectivity index (χ1v) is 8.09. The molecule has 24 heavy (non-hydrogen) atoms. The average molecular weight is 355 g/mol. The summed E-state index contributed by atoms with van der Waals surface area (Å²) in [5, 5.41) is 24.2. The number of nitro benzene ring substituents is 1. The number of carboxylic acids is 1. The number of rotatable bonds is 9. The summed E-state index contributed by atoms with van der Waals surface area (Å²) >= 11 is 1.16. The highest BCUT2D eigenvalue weighted by atomic mass is 32.2. The first-order chi connectivity index (χ1) is 11.3. The molecule has 0 aromatic heterocycles. The standard InChI is InChI=1S/C14H17N3O6S/c1-9(13(20)15-5-6-24-8-12(18)19)16-14(21)10-3-2-4-11(7-10)17(22)23/h2-4,7,9H,5-6,8H2,1H3,(H,15,20)(H,16,21)(H,18,19). The van der Waals surface area contributed by atoms with E-state index in [1.165, 1.54) is 25.1 Å². The van der Waals surface area contributed by atoms with Gasteiger partial charge in [0, 0.05) is 30.0 Å². The van der Waals surface area contributed by atoms with Gasteiger partial charge in [-0.15, -0.1) is 11.8 Å². The molecule has 0 bridgehead atoms. The number of carbonyl (C=O) groups is 3. The highest BCUT2D eigenvalue weighted by Crippen LogP contribution is 2.13. The zero-order valence-electron chi connectivity index (χ0n) is 12.9. The molecule has 0 saturated heterocycles. The lowest BCUT2D eigenvalue weighted by atomic mass is 10.1. The number of carbonyl (C=O) groups excluding carboxylic acids is 2. The maximum absolute atomic E-state index is 12.0. The number of benzene rings is 1. The molecule has 0 aliphatic heterocycles. The molecule has 10 heteroatoms. The van der Waals surface area contributed by atoms with Crippen LogP contribution >= 0.6 is 11.8 Å². The minimum atomic E-state index is -0.927. The number of carboxylic acid groups (broad SMARTS) is 1. The third kappa shape index (κ3) is 6.65. The number of amides is 2. The largest absolute Gasteiger partial charge is 0.481 e. The molecule has 0 aliphatic rings. The fourth-order valence-corrected chi connectivity index (χ4v) is 2.23. The van der Waals surface area contributed by atoms with E-state index in [0.717, 1.165) is 17.8 Å². The van der Waals surface area contributed by atoms with Crippen LogP contribution in [0.15, 0.2) is 24.3 Å². The highest BCUT2D eigenvalue weighted by molar-refractivity contribution is 7.99. The van der Waals surface area contributed by atoms with Gasteiger partial charge in [0.05, 0.1) is 10.7 Å². The number of hydrogen-bond acceptors (Lipinski definition) is 6. The van der Waals surface area contributed by atoms with Crippen LogP contribution in [0.3, 0.4) is 0 Å². The predicted octanol–water partition coefficient (Wildman–Crippen LogP) is 0.647. The van der Waals surface area contributed by atoms with E-state index in [0.29, 0.717) is 5.75 Å². The number of non-ortho nitro benzene ring substituents is 1. The molecule has 0 heterocycles. The zero-order valence-corrected chi connectivity index (χ0v) is 13.7. The van der Waals surface area contributed by atoms with E-state index in [9.17, 15) is 24.5 Å². The van der Waals surface area contributed by atoms with E-state index >= 15 is 0 Å². The molecule has 1 atom stereocenters. The smallest absolute Gasteiger partial charge is 0.313 e. The monoisotopic (exact) mass is 355 g/mol. The average Bonchev–Trinajstić information content (AvgIpc) is 2.53. The lowest BCUT2D eigenvalue weighted by molar-refractivity contribution is -0.384. The van der Waals surface area contributed by atoms with E-state index in [2.05, 4.69) is 10.6 Å². The Morgan fingerprint density at radius 1 is 1.38 bits per heavy atom. The van der Waals surface area contributed by atoms with Gasteiger partial charge in [0.15, 0.2) is 0 Å². The molecule has 0 aliphatic carbocycles. The van der Waals surface area contributed by atoms with E-state index in [1.807, 2.05) is 0 Å². The van der Waals surface area contributed by atoms with Crippen LogP contribution < -0.4 is 10.6 Å². The molecule has 0 radical (unpaired) electrons. The van der Waals surface area contributed by atoms with Crippen molar-refractivity contribution in [2.75, 3.05) is 18.1 Å². The molecule has 0 fully saturated rings. The molecule has 130 valence electrons. The number of nitrogens with zero attached hydrogens (tertiary/aromatic N) is 1. The molecule has 0 spiro atoms. The second-order valence-electron chi connectivity index (χ2n) is 4.74. The maximum Gasteiger partial charge on any atom is 0.313 e. The topological polar surface area (TPSA) is 139 Å². The quantitative estimate of drug-likeness (QED) is 0.336. The van der Waals surface area contributed by atoms with Crippen molar-refractivity contribution in [3.63, 3.8) is 0 Å². The van der Waals surface area contributed by atoms with E-state index in [1.54, 1.807) is 0 Å². The van der Waals surface area contributed by atoms with Gasteiger partial charge in [0.1, 0.15) is 6.04 Å². The second-order valence-corrected chi connectivity index (χ2v) is 5.85. The Balaban J connectivity index is 2.45. The Morgan fingerprint density at radius 2 is 2.08 bits per heavy atom. The fourth-order valence-electron chi connectivity index (χ4n) is 1.67. The van der Waals surface area contributed by atoms with Crippen LogP contribution in [0, 0.1) is 10.1 Å². The van der Waals surface area contributed by atoms with Gasteiger partial charge in [-0.1, -0.05) is 6.07 Å². The molecule has 9 nitrogen and oxygen atoms in total. The van der Waals surface area contributed by atoms with Crippen molar-refractivity contribution in [1.29, 1.82) is 0 Å². The summed E-state index contributed by atoms with van der Waals surface area (Å²) in [5.41, 5.74) is -0.129. The van der Waals surface area contributed by atoms with E-state index < -0.39 is 28.7 Å². The summed E-state index contributed by atoms with van der Waals surface area (Å²) in [4.78, 5) is 44.2. The molecular formula is C14H17N3O6S. The Kier molecular flexibility index (Phi) is 7.69. The molecule has 1 rings (SSSR count). The van der Waals surface area contributed by atoms with Crippen LogP contribution in [0.25, 0.3) is 0 Å². The van der Waals surface area contributed by atoms with Crippen LogP contribution in [0.2, 0.25) is 0 Å². The molecule has 3 N–H and O–H groups in total. The van der Waals surface area contributed by atoms with Crippen molar-refractivity contribution in [3.8, 4) is 0 Å². The van der Waals surface area contributed by atoms with Crippen molar-refractivity contribution in [3.05, 3.63) is 39.9 Å². The van der Waals surface area contributed by atoms with E-state index in [4.69, 9.17) is 5.11 Å². The number of aliphatic carboxylic acids is 1. The van der Waals surface area contributed by atoms with Gasteiger partial charge in [0.2, 0.25) is 5.91 Å². The summed E-state index contributed by atoms with van der Waals surface area (Å²) in [5.74, 6) is -1.56. The Bertz CT molecular complexity index is 637. The number of nitro groups is 1. The first-order valence-electron chi connectivity index (χ1n) is 6.94. The van der Waals surface area contributed by atoms with Crippen LogP contribution in [0.4, 0.5) is 5.69 Å². The molecule has 1 aromatic rings. The molecule has 2 amide bonds. The summed E-state index contributed by atoms with van der Waals surface area (Å²) in [6, 6.07) is 4.36. The molecule has 0 saturated carbocycles. The minimum absolute atomic E-state index is 0.0467. The fraction of sp³-hybridized carbons (Fsp3) is 0.357. The van der Waals surface area contributed by atoms with Crippen LogP contribution in [-0.4, -0.2) is 51.9 Å². The highest BCUT2D eigenvalue weighted by Gasteiger charge is 2.17. The van der Waals surface area contributed by atoms with Gasteiger partial charge in [-0.2, -0.15) is 0 Å². The second kappa shape index (κ2) is 9.50. The van der Waals surface area contributed by atoms with Gasteiger partial charge in [-0.05, 0) is 13.0 Å². The zero-order chi connectivity index (χ0) is 18.1. The SMILES string of the molecule is CC(NC(=O)c1cccc([N+](=O)[O-])c1)C(=O)NCCSCC(=O)O. The summed E-state index contributed by atoms with van der Waals surface area (Å²) < 4.78 is 0. The van der Waals surface area contributed by atoms with Crippen molar-refractivity contribution < 1.29 is 24.4 Å². The van der Waals surface area contributed by atoms with Crippen LogP contribution in [0.1, 0.15) is 17.3 Å². The van der Waals surface area contributed by atoms with Crippen molar-refractivity contribution >= 4 is 35.2 Å². The van der Waals surface area contributed by atoms with Crippen molar-refractivity contribution in [2.24, 2.45) is 0 Å². The Labute approximate surface area is 142 Å². The molecule has 1 unspecified atom stereocenters. The van der Waals surface area contributed by atoms with Gasteiger partial charge < -0.3 is 15.7 Å². The minimum Gasteiger partial charge on any atom is -0.481 e. The summed E-state index contributed by atoms with van der Waals surface area (Å²) in [6.45, 7) is 1.75. The number of nitrogens with one attached hydrogen (secondary N) is 2. The number of hydrogen-bond donors (Lipinski definition) is 3. The molecular weight excluding hydrogens is 338 g/mol. The number of thioether (sulfide) groups is 1. The van der Waals surface area contributed by atoms with Gasteiger partial charge in [0.25, 0.3) is 11.6 Å². The third-order valence-corrected chi connectivity index (χ3v) is 3.78. The third-order valence-electron chi connectivity index (χ3n) is 2.83. The van der Waals surface area contributed by atoms with Gasteiger partial charge in [-0.3, -0.25) is 24.5 Å². The summed E-state index contributed by atoms with van der Waals surface area (Å²) in [6.07, 6.45) is 0. The summed E-state index contributed by atoms with van der Waals surface area (Å²) in [7, 11) is 0. The normalized spacial score (nSPS) is 11.4. The molecule has 1 aromatic carbocycles.